The smallest absolute Gasteiger partial charge is 0.174 e. The first-order chi connectivity index (χ1) is 10.2. The summed E-state index contributed by atoms with van der Waals surface area (Å²) in [5.41, 5.74) is 2.91. The Balaban J connectivity index is 2.16. The van der Waals surface area contributed by atoms with Crippen molar-refractivity contribution in [3.05, 3.63) is 52.0 Å². The Kier molecular flexibility index (Phi) is 5.13. The average molecular weight is 346 g/mol. The highest BCUT2D eigenvalue weighted by atomic mass is 79.9. The zero-order chi connectivity index (χ0) is 15.2. The topological polar surface area (TPSA) is 30.5 Å². The summed E-state index contributed by atoms with van der Waals surface area (Å²) in [5.74, 6) is 4.01. The maximum atomic E-state index is 5.40. The van der Waals surface area contributed by atoms with E-state index in [0.717, 1.165) is 21.3 Å². The monoisotopic (exact) mass is 345 g/mol. The number of ether oxygens (including phenoxy) is 2. The molecule has 108 valence electrons. The van der Waals surface area contributed by atoms with Crippen LogP contribution in [0.4, 0.5) is 5.69 Å². The van der Waals surface area contributed by atoms with Crippen molar-refractivity contribution >= 4 is 21.6 Å². The Bertz CT molecular complexity index is 677. The van der Waals surface area contributed by atoms with Crippen LogP contribution in [-0.4, -0.2) is 14.2 Å². The Morgan fingerprint density at radius 3 is 2.67 bits per heavy atom. The van der Waals surface area contributed by atoms with Gasteiger partial charge in [-0.15, -0.1) is 6.42 Å². The average Bonchev–Trinajstić information content (AvgIpc) is 2.52. The lowest BCUT2D eigenvalue weighted by molar-refractivity contribution is 0.352. The summed E-state index contributed by atoms with van der Waals surface area (Å²) in [6, 6.07) is 11.7. The van der Waals surface area contributed by atoms with E-state index in [1.807, 2.05) is 36.4 Å². The van der Waals surface area contributed by atoms with Crippen LogP contribution >= 0.6 is 15.9 Å². The molecule has 0 aliphatic rings. The number of rotatable bonds is 5. The van der Waals surface area contributed by atoms with E-state index in [0.29, 0.717) is 18.0 Å². The normalized spacial score (nSPS) is 9.81. The second kappa shape index (κ2) is 7.05. The van der Waals surface area contributed by atoms with Crippen molar-refractivity contribution < 1.29 is 9.47 Å². The van der Waals surface area contributed by atoms with Gasteiger partial charge in [0.25, 0.3) is 0 Å². The highest BCUT2D eigenvalue weighted by Crippen LogP contribution is 2.36. The molecule has 0 atom stereocenters. The highest BCUT2D eigenvalue weighted by molar-refractivity contribution is 9.10. The van der Waals surface area contributed by atoms with E-state index in [4.69, 9.17) is 15.9 Å². The van der Waals surface area contributed by atoms with E-state index in [1.165, 1.54) is 0 Å². The van der Waals surface area contributed by atoms with Crippen LogP contribution in [0.15, 0.2) is 40.9 Å². The quantitative estimate of drug-likeness (QED) is 0.829. The molecular formula is C17H16BrNO2. The van der Waals surface area contributed by atoms with Gasteiger partial charge in [-0.3, -0.25) is 0 Å². The van der Waals surface area contributed by atoms with Gasteiger partial charge < -0.3 is 14.8 Å². The molecule has 0 heterocycles. The minimum Gasteiger partial charge on any atom is -0.493 e. The Labute approximate surface area is 133 Å². The molecule has 0 amide bonds. The molecule has 3 nitrogen and oxygen atoms in total. The minimum absolute atomic E-state index is 0.660. The molecule has 0 unspecified atom stereocenters. The third-order valence-electron chi connectivity index (χ3n) is 3.02. The first kappa shape index (κ1) is 15.3. The molecule has 2 rings (SSSR count). The van der Waals surface area contributed by atoms with Gasteiger partial charge in [-0.05, 0) is 51.8 Å². The summed E-state index contributed by atoms with van der Waals surface area (Å²) in [7, 11) is 3.24. The van der Waals surface area contributed by atoms with Crippen LogP contribution in [-0.2, 0) is 6.54 Å². The van der Waals surface area contributed by atoms with Crippen LogP contribution < -0.4 is 14.8 Å². The predicted octanol–water partition coefficient (Wildman–Crippen LogP) is 4.06. The van der Waals surface area contributed by atoms with Gasteiger partial charge in [0, 0.05) is 17.8 Å². The van der Waals surface area contributed by atoms with Crippen LogP contribution in [0.1, 0.15) is 11.1 Å². The predicted molar refractivity (Wildman–Crippen MR) is 88.9 cm³/mol. The van der Waals surface area contributed by atoms with E-state index in [1.54, 1.807) is 14.2 Å². The number of hydrogen-bond donors (Lipinski definition) is 1. The van der Waals surface area contributed by atoms with Gasteiger partial charge in [0.1, 0.15) is 0 Å². The van der Waals surface area contributed by atoms with Crippen molar-refractivity contribution in [2.24, 2.45) is 0 Å². The summed E-state index contributed by atoms with van der Waals surface area (Å²) in [4.78, 5) is 0. The van der Waals surface area contributed by atoms with Gasteiger partial charge in [-0.25, -0.2) is 0 Å². The maximum Gasteiger partial charge on any atom is 0.174 e. The number of halogens is 1. The third kappa shape index (κ3) is 3.71. The van der Waals surface area contributed by atoms with Crippen LogP contribution in [0.25, 0.3) is 0 Å². The summed E-state index contributed by atoms with van der Waals surface area (Å²) >= 11 is 3.49. The van der Waals surface area contributed by atoms with E-state index < -0.39 is 0 Å². The maximum absolute atomic E-state index is 5.40. The number of anilines is 1. The molecule has 2 aromatic rings. The van der Waals surface area contributed by atoms with Crippen molar-refractivity contribution in [3.8, 4) is 23.8 Å². The molecule has 21 heavy (non-hydrogen) atoms. The van der Waals surface area contributed by atoms with Gasteiger partial charge in [-0.2, -0.15) is 0 Å². The van der Waals surface area contributed by atoms with Gasteiger partial charge in [0.2, 0.25) is 0 Å². The van der Waals surface area contributed by atoms with Crippen molar-refractivity contribution in [1.29, 1.82) is 0 Å². The molecule has 0 bridgehead atoms. The van der Waals surface area contributed by atoms with Crippen LogP contribution in [0.5, 0.6) is 11.5 Å². The Hall–Kier alpha value is -2.12. The van der Waals surface area contributed by atoms with Crippen LogP contribution in [0.3, 0.4) is 0 Å². The van der Waals surface area contributed by atoms with Crippen molar-refractivity contribution in [2.75, 3.05) is 19.5 Å². The number of hydrogen-bond acceptors (Lipinski definition) is 3. The van der Waals surface area contributed by atoms with Crippen molar-refractivity contribution in [1.82, 2.24) is 0 Å². The SMILES string of the molecule is C#Cc1cccc(NCc2cc(Br)c(OC)c(OC)c2)c1. The minimum atomic E-state index is 0.660. The van der Waals surface area contributed by atoms with Crippen molar-refractivity contribution in [2.45, 2.75) is 6.54 Å². The molecule has 0 saturated heterocycles. The molecule has 0 spiro atoms. The van der Waals surface area contributed by atoms with Gasteiger partial charge in [-0.1, -0.05) is 12.0 Å². The lowest BCUT2D eigenvalue weighted by atomic mass is 10.1. The largest absolute Gasteiger partial charge is 0.493 e. The van der Waals surface area contributed by atoms with Gasteiger partial charge in [0.05, 0.1) is 18.7 Å². The molecule has 0 fully saturated rings. The van der Waals surface area contributed by atoms with Crippen LogP contribution in [0.2, 0.25) is 0 Å². The molecule has 1 N–H and O–H groups in total. The van der Waals surface area contributed by atoms with Gasteiger partial charge in [0.15, 0.2) is 11.5 Å². The molecule has 0 saturated carbocycles. The Morgan fingerprint density at radius 1 is 1.19 bits per heavy atom. The first-order valence-electron chi connectivity index (χ1n) is 6.39. The Morgan fingerprint density at radius 2 is 2.00 bits per heavy atom. The van der Waals surface area contributed by atoms with Crippen molar-refractivity contribution in [3.63, 3.8) is 0 Å². The fourth-order valence-electron chi connectivity index (χ4n) is 2.00. The fraction of sp³-hybridized carbons (Fsp3) is 0.176. The summed E-state index contributed by atoms with van der Waals surface area (Å²) in [5, 5.41) is 3.34. The second-order valence-electron chi connectivity index (χ2n) is 4.39. The molecule has 2 aromatic carbocycles. The lowest BCUT2D eigenvalue weighted by Crippen LogP contribution is -2.01. The standard InChI is InChI=1S/C17H16BrNO2/c1-4-12-6-5-7-14(8-12)19-11-13-9-15(18)17(21-3)16(10-13)20-2/h1,5-10,19H,11H2,2-3H3. The molecule has 0 radical (unpaired) electrons. The zero-order valence-corrected chi connectivity index (χ0v) is 13.5. The van der Waals surface area contributed by atoms with E-state index in [-0.39, 0.29) is 0 Å². The molecule has 0 aliphatic heterocycles. The second-order valence-corrected chi connectivity index (χ2v) is 5.25. The number of terminal acetylenes is 1. The fourth-order valence-corrected chi connectivity index (χ4v) is 2.65. The van der Waals surface area contributed by atoms with E-state index in [9.17, 15) is 0 Å². The van der Waals surface area contributed by atoms with Crippen LogP contribution in [0, 0.1) is 12.3 Å². The zero-order valence-electron chi connectivity index (χ0n) is 11.9. The first-order valence-corrected chi connectivity index (χ1v) is 7.18. The molecule has 4 heteroatoms. The molecule has 0 aromatic heterocycles. The number of methoxy groups -OCH3 is 2. The third-order valence-corrected chi connectivity index (χ3v) is 3.61. The summed E-state index contributed by atoms with van der Waals surface area (Å²) in [6.07, 6.45) is 5.40. The highest BCUT2D eigenvalue weighted by Gasteiger charge is 2.10. The number of nitrogens with one attached hydrogen (secondary N) is 1. The van der Waals surface area contributed by atoms with Gasteiger partial charge >= 0.3 is 0 Å². The summed E-state index contributed by atoms with van der Waals surface area (Å²) in [6.45, 7) is 0.660. The molecule has 0 aliphatic carbocycles. The summed E-state index contributed by atoms with van der Waals surface area (Å²) < 4.78 is 11.5. The number of benzene rings is 2. The lowest BCUT2D eigenvalue weighted by Gasteiger charge is -2.13. The molecular weight excluding hydrogens is 330 g/mol. The van der Waals surface area contributed by atoms with E-state index in [2.05, 4.69) is 27.2 Å². The van der Waals surface area contributed by atoms with E-state index >= 15 is 0 Å².